The molecule has 1 aliphatic heterocycles. The summed E-state index contributed by atoms with van der Waals surface area (Å²) in [5.74, 6) is 1.39. The molecule has 0 amide bonds. The lowest BCUT2D eigenvalue weighted by molar-refractivity contribution is 0.0529. The van der Waals surface area contributed by atoms with Crippen molar-refractivity contribution < 1.29 is 4.74 Å². The van der Waals surface area contributed by atoms with E-state index in [1.54, 1.807) is 0 Å². The topological polar surface area (TPSA) is 48.6 Å². The maximum Gasteiger partial charge on any atom is 0.131 e. The van der Waals surface area contributed by atoms with E-state index in [-0.39, 0.29) is 6.23 Å². The number of para-hydroxylation sites is 2. The van der Waals surface area contributed by atoms with Crippen molar-refractivity contribution in [3.05, 3.63) is 60.3 Å². The first-order chi connectivity index (χ1) is 16.5. The van der Waals surface area contributed by atoms with Crippen LogP contribution in [0.25, 0.3) is 0 Å². The molecule has 188 valence electrons. The predicted octanol–water partition coefficient (Wildman–Crippen LogP) is 6.04. The highest BCUT2D eigenvalue weighted by atomic mass is 16.5. The lowest BCUT2D eigenvalue weighted by atomic mass is 9.85. The highest BCUT2D eigenvalue weighted by Gasteiger charge is 2.28. The smallest absolute Gasteiger partial charge is 0.131 e. The first-order valence-corrected chi connectivity index (χ1v) is 13.2. The summed E-state index contributed by atoms with van der Waals surface area (Å²) < 4.78 is 6.26. The summed E-state index contributed by atoms with van der Waals surface area (Å²) in [5, 5.41) is 10.4. The summed E-state index contributed by atoms with van der Waals surface area (Å²) in [4.78, 5) is 2.38. The average molecular weight is 467 g/mol. The van der Waals surface area contributed by atoms with E-state index in [2.05, 4.69) is 83.8 Å². The maximum atomic E-state index is 6.26. The fourth-order valence-corrected chi connectivity index (χ4v) is 5.12. The number of nitrogens with zero attached hydrogens (tertiary/aromatic N) is 1. The number of benzene rings is 1. The molecular formula is C29H46N4O. The summed E-state index contributed by atoms with van der Waals surface area (Å²) in [5.41, 5.74) is 4.79. The van der Waals surface area contributed by atoms with Gasteiger partial charge in [-0.3, -0.25) is 5.32 Å². The van der Waals surface area contributed by atoms with Crippen LogP contribution >= 0.6 is 0 Å². The summed E-state index contributed by atoms with van der Waals surface area (Å²) in [6, 6.07) is 8.50. The number of nitrogens with one attached hydrogen (secondary N) is 3. The molecule has 0 aromatic heterocycles. The second-order valence-electron chi connectivity index (χ2n) is 9.95. The maximum absolute atomic E-state index is 6.26. The molecule has 4 unspecified atom stereocenters. The van der Waals surface area contributed by atoms with Crippen molar-refractivity contribution in [1.29, 1.82) is 0 Å². The predicted molar refractivity (Wildman–Crippen MR) is 146 cm³/mol. The van der Waals surface area contributed by atoms with Crippen LogP contribution in [-0.2, 0) is 4.74 Å². The van der Waals surface area contributed by atoms with Gasteiger partial charge in [0.2, 0.25) is 0 Å². The van der Waals surface area contributed by atoms with Crippen molar-refractivity contribution >= 4 is 11.4 Å². The summed E-state index contributed by atoms with van der Waals surface area (Å²) >= 11 is 0. The summed E-state index contributed by atoms with van der Waals surface area (Å²) in [6.45, 7) is 13.1. The van der Waals surface area contributed by atoms with E-state index in [1.807, 2.05) is 14.0 Å². The number of anilines is 2. The van der Waals surface area contributed by atoms with E-state index in [9.17, 15) is 0 Å². The van der Waals surface area contributed by atoms with E-state index in [0.29, 0.717) is 12.0 Å². The molecule has 0 radical (unpaired) electrons. The highest BCUT2D eigenvalue weighted by Crippen LogP contribution is 2.32. The van der Waals surface area contributed by atoms with Crippen LogP contribution in [0.2, 0.25) is 0 Å². The van der Waals surface area contributed by atoms with Gasteiger partial charge in [-0.2, -0.15) is 0 Å². The molecule has 1 aliphatic carbocycles. The molecular weight excluding hydrogens is 420 g/mol. The Bertz CT molecular complexity index is 833. The third-order valence-electron chi connectivity index (χ3n) is 7.06. The Kier molecular flexibility index (Phi) is 10.5. The van der Waals surface area contributed by atoms with Gasteiger partial charge in [0.1, 0.15) is 6.23 Å². The van der Waals surface area contributed by atoms with Crippen LogP contribution in [0.15, 0.2) is 60.3 Å². The normalized spacial score (nSPS) is 22.8. The van der Waals surface area contributed by atoms with Gasteiger partial charge in [-0.05, 0) is 75.5 Å². The van der Waals surface area contributed by atoms with Gasteiger partial charge in [0.05, 0.1) is 24.1 Å². The number of ether oxygens (including phenoxy) is 1. The second-order valence-corrected chi connectivity index (χ2v) is 9.95. The number of allylic oxidation sites excluding steroid dienone is 3. The van der Waals surface area contributed by atoms with Crippen LogP contribution < -0.4 is 20.9 Å². The van der Waals surface area contributed by atoms with E-state index >= 15 is 0 Å². The molecule has 4 atom stereocenters. The third-order valence-corrected chi connectivity index (χ3v) is 7.06. The number of hydrogen-bond donors (Lipinski definition) is 3. The molecule has 5 nitrogen and oxygen atoms in total. The Hall–Kier alpha value is -2.24. The van der Waals surface area contributed by atoms with E-state index in [1.165, 1.54) is 30.5 Å². The SMILES string of the molecule is C=C(C)NCCC(CC)CC1C=C(CNCN(c2ccccc2NC)C2CCC(C)O2)C=CC1. The van der Waals surface area contributed by atoms with Gasteiger partial charge in [0.25, 0.3) is 0 Å². The van der Waals surface area contributed by atoms with Gasteiger partial charge in [-0.1, -0.05) is 50.3 Å². The average Bonchev–Trinajstić information content (AvgIpc) is 3.27. The molecule has 2 aliphatic rings. The quantitative estimate of drug-likeness (QED) is 0.292. The van der Waals surface area contributed by atoms with Gasteiger partial charge < -0.3 is 20.3 Å². The van der Waals surface area contributed by atoms with Crippen molar-refractivity contribution in [2.45, 2.75) is 71.6 Å². The van der Waals surface area contributed by atoms with Crippen LogP contribution in [0.4, 0.5) is 11.4 Å². The second kappa shape index (κ2) is 13.6. The molecule has 0 saturated carbocycles. The number of hydrogen-bond acceptors (Lipinski definition) is 5. The Labute approximate surface area is 207 Å². The molecule has 5 heteroatoms. The summed E-state index contributed by atoms with van der Waals surface area (Å²) in [6.07, 6.45) is 14.6. The largest absolute Gasteiger partial charge is 0.389 e. The zero-order valence-electron chi connectivity index (χ0n) is 21.8. The zero-order chi connectivity index (χ0) is 24.3. The molecule has 1 heterocycles. The van der Waals surface area contributed by atoms with Crippen LogP contribution in [0.5, 0.6) is 0 Å². The molecule has 0 spiro atoms. The first kappa shape index (κ1) is 26.4. The van der Waals surface area contributed by atoms with Crippen LogP contribution in [0.3, 0.4) is 0 Å². The lowest BCUT2D eigenvalue weighted by Crippen LogP contribution is -2.43. The zero-order valence-corrected chi connectivity index (χ0v) is 21.8. The Morgan fingerprint density at radius 1 is 1.26 bits per heavy atom. The van der Waals surface area contributed by atoms with Crippen molar-refractivity contribution in [2.24, 2.45) is 11.8 Å². The highest BCUT2D eigenvalue weighted by molar-refractivity contribution is 5.70. The molecule has 1 aromatic rings. The monoisotopic (exact) mass is 466 g/mol. The molecule has 3 N–H and O–H groups in total. The lowest BCUT2D eigenvalue weighted by Gasteiger charge is -2.32. The molecule has 1 aromatic carbocycles. The first-order valence-electron chi connectivity index (χ1n) is 13.2. The fourth-order valence-electron chi connectivity index (χ4n) is 5.12. The van der Waals surface area contributed by atoms with Crippen LogP contribution in [0.1, 0.15) is 59.3 Å². The molecule has 1 fully saturated rings. The van der Waals surface area contributed by atoms with Crippen LogP contribution in [-0.4, -0.2) is 39.1 Å². The standard InChI is InChI=1S/C29H46N4O/c1-6-24(16-17-32-22(2)3)18-25-10-9-11-26(19-25)20-31-21-33(29-15-14-23(4)34-29)28-13-8-7-12-27(28)30-5/h7-9,11-13,19,23-25,29-32H,2,6,10,14-18,20-21H2,1,3-5H3. The Balaban J connectivity index is 1.57. The van der Waals surface area contributed by atoms with E-state index in [0.717, 1.165) is 56.3 Å². The van der Waals surface area contributed by atoms with Gasteiger partial charge in [-0.25, -0.2) is 0 Å². The van der Waals surface area contributed by atoms with Gasteiger partial charge in [-0.15, -0.1) is 0 Å². The fraction of sp³-hybridized carbons (Fsp3) is 0.586. The van der Waals surface area contributed by atoms with Gasteiger partial charge in [0.15, 0.2) is 0 Å². The molecule has 3 rings (SSSR count). The van der Waals surface area contributed by atoms with Crippen molar-refractivity contribution in [2.75, 3.05) is 37.0 Å². The summed E-state index contributed by atoms with van der Waals surface area (Å²) in [7, 11) is 1.98. The van der Waals surface area contributed by atoms with Gasteiger partial charge >= 0.3 is 0 Å². The van der Waals surface area contributed by atoms with Crippen molar-refractivity contribution in [3.63, 3.8) is 0 Å². The van der Waals surface area contributed by atoms with Crippen molar-refractivity contribution in [3.8, 4) is 0 Å². The molecule has 1 saturated heterocycles. The minimum absolute atomic E-state index is 0.110. The Morgan fingerprint density at radius 3 is 2.79 bits per heavy atom. The third kappa shape index (κ3) is 7.92. The minimum Gasteiger partial charge on any atom is -0.389 e. The van der Waals surface area contributed by atoms with Gasteiger partial charge in [0, 0.05) is 25.8 Å². The van der Waals surface area contributed by atoms with Crippen LogP contribution in [0, 0.1) is 11.8 Å². The molecule has 0 bridgehead atoms. The number of rotatable bonds is 14. The Morgan fingerprint density at radius 2 is 2.09 bits per heavy atom. The van der Waals surface area contributed by atoms with E-state index in [4.69, 9.17) is 4.74 Å². The van der Waals surface area contributed by atoms with E-state index < -0.39 is 0 Å². The van der Waals surface area contributed by atoms with Crippen molar-refractivity contribution in [1.82, 2.24) is 10.6 Å². The molecule has 34 heavy (non-hydrogen) atoms. The minimum atomic E-state index is 0.110.